The van der Waals surface area contributed by atoms with Gasteiger partial charge in [0.1, 0.15) is 0 Å². The lowest BCUT2D eigenvalue weighted by Crippen LogP contribution is -2.11. The Hall–Kier alpha value is -2.72. The lowest BCUT2D eigenvalue weighted by molar-refractivity contribution is -0.116. The van der Waals surface area contributed by atoms with Gasteiger partial charge in [-0.25, -0.2) is 0 Å². The fourth-order valence-electron chi connectivity index (χ4n) is 3.61. The van der Waals surface area contributed by atoms with E-state index in [0.717, 1.165) is 34.8 Å². The van der Waals surface area contributed by atoms with Crippen LogP contribution in [0.1, 0.15) is 60.9 Å². The van der Waals surface area contributed by atoms with Gasteiger partial charge in [0.25, 0.3) is 0 Å². The van der Waals surface area contributed by atoms with Crippen LogP contribution < -0.4 is 5.32 Å². The Balaban J connectivity index is 1.45. The molecule has 0 unspecified atom stereocenters. The second-order valence-electron chi connectivity index (χ2n) is 7.99. The van der Waals surface area contributed by atoms with Crippen LogP contribution in [0.4, 0.5) is 5.69 Å². The topological polar surface area (TPSA) is 46.2 Å². The van der Waals surface area contributed by atoms with Gasteiger partial charge in [-0.1, -0.05) is 84.1 Å². The first-order chi connectivity index (χ1) is 15.7. The fourth-order valence-corrected chi connectivity index (χ4v) is 4.00. The third kappa shape index (κ3) is 7.76. The van der Waals surface area contributed by atoms with Crippen LogP contribution in [-0.4, -0.2) is 17.0 Å². The number of carbonyl (C=O) groups is 2. The number of halogens is 1. The number of benzene rings is 3. The van der Waals surface area contributed by atoms with Crippen LogP contribution in [0.5, 0.6) is 0 Å². The Morgan fingerprint density at radius 2 is 1.47 bits per heavy atom. The zero-order valence-electron chi connectivity index (χ0n) is 18.4. The van der Waals surface area contributed by atoms with Gasteiger partial charge >= 0.3 is 0 Å². The molecule has 3 aromatic rings. The maximum atomic E-state index is 12.5. The Bertz CT molecular complexity index is 1060. The molecular weight excluding hydrogens is 462 g/mol. The van der Waals surface area contributed by atoms with E-state index in [9.17, 15) is 9.59 Å². The molecule has 3 aromatic carbocycles. The molecule has 0 aliphatic heterocycles. The van der Waals surface area contributed by atoms with Gasteiger partial charge in [0.2, 0.25) is 5.91 Å². The van der Waals surface area contributed by atoms with Gasteiger partial charge in [0.15, 0.2) is 5.78 Å². The molecule has 0 radical (unpaired) electrons. The van der Waals surface area contributed by atoms with Crippen LogP contribution in [0.2, 0.25) is 0 Å². The van der Waals surface area contributed by atoms with Crippen molar-refractivity contribution in [1.82, 2.24) is 0 Å². The first-order valence-electron chi connectivity index (χ1n) is 11.3. The number of fused-ring (bicyclic) bond motifs is 1. The number of hydrogen-bond donors (Lipinski definition) is 1. The molecule has 0 aliphatic rings. The largest absolute Gasteiger partial charge is 0.326 e. The molecule has 166 valence electrons. The Labute approximate surface area is 199 Å². The van der Waals surface area contributed by atoms with E-state index in [4.69, 9.17) is 0 Å². The molecule has 0 aliphatic carbocycles. The standard InChI is InChI=1S/C28H30BrNO2/c29-20-8-4-2-1-3-5-11-28(32)30-26-17-15-24(16-18-26)27(31)19-13-22-12-14-23-9-6-7-10-25(23)21-22/h6-7,9-10,12-19,21H,1-5,8,11,20H2,(H,30,32)/b19-13+. The van der Waals surface area contributed by atoms with Gasteiger partial charge in [-0.05, 0) is 65.6 Å². The molecule has 0 bridgehead atoms. The SMILES string of the molecule is O=C(CCCCCCCCBr)Nc1ccc(C(=O)/C=C/c2ccc3ccccc3c2)cc1. The fraction of sp³-hybridized carbons (Fsp3) is 0.286. The minimum Gasteiger partial charge on any atom is -0.326 e. The van der Waals surface area contributed by atoms with E-state index < -0.39 is 0 Å². The average molecular weight is 492 g/mol. The predicted octanol–water partition coefficient (Wildman–Crippen LogP) is 7.80. The molecule has 0 saturated heterocycles. The molecule has 4 heteroatoms. The Morgan fingerprint density at radius 1 is 0.781 bits per heavy atom. The zero-order valence-corrected chi connectivity index (χ0v) is 19.9. The molecule has 0 atom stereocenters. The monoisotopic (exact) mass is 491 g/mol. The highest BCUT2D eigenvalue weighted by atomic mass is 79.9. The smallest absolute Gasteiger partial charge is 0.224 e. The predicted molar refractivity (Wildman–Crippen MR) is 138 cm³/mol. The molecule has 0 heterocycles. The highest BCUT2D eigenvalue weighted by Crippen LogP contribution is 2.17. The van der Waals surface area contributed by atoms with Crippen molar-refractivity contribution in [1.29, 1.82) is 0 Å². The maximum absolute atomic E-state index is 12.5. The number of amides is 1. The third-order valence-electron chi connectivity index (χ3n) is 5.44. The number of anilines is 1. The molecule has 1 N–H and O–H groups in total. The number of carbonyl (C=O) groups excluding carboxylic acids is 2. The molecule has 0 saturated carbocycles. The number of rotatable bonds is 12. The number of ketones is 1. The van der Waals surface area contributed by atoms with Crippen molar-refractivity contribution in [2.24, 2.45) is 0 Å². The summed E-state index contributed by atoms with van der Waals surface area (Å²) in [5.41, 5.74) is 2.31. The van der Waals surface area contributed by atoms with E-state index in [0.29, 0.717) is 12.0 Å². The van der Waals surface area contributed by atoms with Gasteiger partial charge in [-0.2, -0.15) is 0 Å². The van der Waals surface area contributed by atoms with Crippen molar-refractivity contribution in [2.45, 2.75) is 44.9 Å². The quantitative estimate of drug-likeness (QED) is 0.121. The van der Waals surface area contributed by atoms with Gasteiger partial charge < -0.3 is 5.32 Å². The number of unbranched alkanes of at least 4 members (excludes halogenated alkanes) is 5. The first kappa shape index (κ1) is 23.9. The summed E-state index contributed by atoms with van der Waals surface area (Å²) in [5, 5.41) is 6.32. The second kappa shape index (κ2) is 13.0. The Morgan fingerprint density at radius 3 is 2.22 bits per heavy atom. The summed E-state index contributed by atoms with van der Waals surface area (Å²) in [6, 6.07) is 21.4. The third-order valence-corrected chi connectivity index (χ3v) is 6.00. The molecule has 1 amide bonds. The normalized spacial score (nSPS) is 11.2. The van der Waals surface area contributed by atoms with Crippen molar-refractivity contribution in [3.05, 3.63) is 83.9 Å². The zero-order chi connectivity index (χ0) is 22.6. The van der Waals surface area contributed by atoms with Crippen LogP contribution in [0, 0.1) is 0 Å². The summed E-state index contributed by atoms with van der Waals surface area (Å²) in [6.07, 6.45) is 10.9. The van der Waals surface area contributed by atoms with E-state index in [2.05, 4.69) is 45.5 Å². The summed E-state index contributed by atoms with van der Waals surface area (Å²) >= 11 is 3.44. The van der Waals surface area contributed by atoms with Crippen molar-refractivity contribution in [3.63, 3.8) is 0 Å². The summed E-state index contributed by atoms with van der Waals surface area (Å²) < 4.78 is 0. The van der Waals surface area contributed by atoms with E-state index in [1.807, 2.05) is 24.3 Å². The van der Waals surface area contributed by atoms with E-state index >= 15 is 0 Å². The molecule has 3 rings (SSSR count). The highest BCUT2D eigenvalue weighted by molar-refractivity contribution is 9.09. The van der Waals surface area contributed by atoms with Gasteiger partial charge in [0.05, 0.1) is 0 Å². The first-order valence-corrected chi connectivity index (χ1v) is 12.4. The van der Waals surface area contributed by atoms with Crippen LogP contribution in [0.15, 0.2) is 72.8 Å². The highest BCUT2D eigenvalue weighted by Gasteiger charge is 2.05. The Kier molecular flexibility index (Phi) is 9.70. The summed E-state index contributed by atoms with van der Waals surface area (Å²) in [5.74, 6) is -0.0309. The second-order valence-corrected chi connectivity index (χ2v) is 8.78. The van der Waals surface area contributed by atoms with Crippen molar-refractivity contribution >= 4 is 50.2 Å². The summed E-state index contributed by atoms with van der Waals surface area (Å²) in [7, 11) is 0. The van der Waals surface area contributed by atoms with Crippen LogP contribution in [0.25, 0.3) is 16.8 Å². The molecule has 0 fully saturated rings. The summed E-state index contributed by atoms with van der Waals surface area (Å²) in [4.78, 5) is 24.6. The van der Waals surface area contributed by atoms with Crippen LogP contribution in [-0.2, 0) is 4.79 Å². The van der Waals surface area contributed by atoms with Gasteiger partial charge in [-0.3, -0.25) is 9.59 Å². The molecule has 0 spiro atoms. The lowest BCUT2D eigenvalue weighted by Gasteiger charge is -2.06. The van der Waals surface area contributed by atoms with E-state index in [-0.39, 0.29) is 11.7 Å². The number of alkyl halides is 1. The van der Waals surface area contributed by atoms with Gasteiger partial charge in [-0.15, -0.1) is 0 Å². The van der Waals surface area contributed by atoms with E-state index in [1.54, 1.807) is 30.3 Å². The molecule has 32 heavy (non-hydrogen) atoms. The number of allylic oxidation sites excluding steroid dienone is 1. The average Bonchev–Trinajstić information content (AvgIpc) is 2.82. The number of hydrogen-bond acceptors (Lipinski definition) is 2. The minimum absolute atomic E-state index is 0.0285. The van der Waals surface area contributed by atoms with Gasteiger partial charge in [0, 0.05) is 23.0 Å². The van der Waals surface area contributed by atoms with Crippen LogP contribution >= 0.6 is 15.9 Å². The minimum atomic E-state index is -0.0593. The van der Waals surface area contributed by atoms with Crippen molar-refractivity contribution in [3.8, 4) is 0 Å². The van der Waals surface area contributed by atoms with Crippen LogP contribution in [0.3, 0.4) is 0 Å². The maximum Gasteiger partial charge on any atom is 0.224 e. The molecule has 0 aromatic heterocycles. The number of nitrogens with one attached hydrogen (secondary N) is 1. The molecule has 3 nitrogen and oxygen atoms in total. The van der Waals surface area contributed by atoms with Crippen molar-refractivity contribution in [2.75, 3.05) is 10.6 Å². The lowest BCUT2D eigenvalue weighted by atomic mass is 10.1. The molecular formula is C28H30BrNO2. The summed E-state index contributed by atoms with van der Waals surface area (Å²) in [6.45, 7) is 0. The van der Waals surface area contributed by atoms with E-state index in [1.165, 1.54) is 31.1 Å². The van der Waals surface area contributed by atoms with Crippen molar-refractivity contribution < 1.29 is 9.59 Å².